The maximum Gasteiger partial charge on any atom is 0.189 e. The van der Waals surface area contributed by atoms with Crippen molar-refractivity contribution in [2.75, 3.05) is 13.3 Å². The van der Waals surface area contributed by atoms with Gasteiger partial charge in [-0.3, -0.25) is 15.8 Å². The summed E-state index contributed by atoms with van der Waals surface area (Å²) in [6, 6.07) is 37.5. The van der Waals surface area contributed by atoms with Gasteiger partial charge in [-0.2, -0.15) is 10.2 Å². The van der Waals surface area contributed by atoms with Crippen LogP contribution in [-0.2, 0) is 0 Å². The van der Waals surface area contributed by atoms with Gasteiger partial charge in [0.25, 0.3) is 0 Å². The largest absolute Gasteiger partial charge is 0.364 e. The van der Waals surface area contributed by atoms with E-state index in [9.17, 15) is 0 Å². The van der Waals surface area contributed by atoms with Crippen molar-refractivity contribution in [2.24, 2.45) is 10.2 Å². The van der Waals surface area contributed by atoms with Crippen molar-refractivity contribution in [1.29, 1.82) is 0 Å². The van der Waals surface area contributed by atoms with Crippen LogP contribution in [0.2, 0.25) is 0 Å². The van der Waals surface area contributed by atoms with Crippen LogP contribution in [0.5, 0.6) is 0 Å². The van der Waals surface area contributed by atoms with Crippen LogP contribution in [0.15, 0.2) is 126 Å². The van der Waals surface area contributed by atoms with Crippen LogP contribution in [0.4, 0.5) is 0 Å². The number of nitrogens with one attached hydrogen (secondary N) is 4. The highest BCUT2D eigenvalue weighted by Crippen LogP contribution is 2.54. The molecule has 40 heavy (non-hydrogen) atoms. The molecule has 10 heteroatoms. The summed E-state index contributed by atoms with van der Waals surface area (Å²) in [5, 5.41) is 19.8. The lowest BCUT2D eigenvalue weighted by Gasteiger charge is -2.28. The molecule has 0 saturated heterocycles. The molecule has 0 atom stereocenters. The molecule has 4 aromatic rings. The SMILES string of the molecule is CNC(=S)NN=C(C(C)=NNC(=S)NC[P+](c1ccccc1)(c1ccccc1)c1ccccc1)c1ccccn1. The average Bonchev–Trinajstić information content (AvgIpc) is 3.02. The second-order valence-corrected chi connectivity index (χ2v) is 13.0. The summed E-state index contributed by atoms with van der Waals surface area (Å²) in [7, 11) is -0.376. The van der Waals surface area contributed by atoms with E-state index >= 15 is 0 Å². The van der Waals surface area contributed by atoms with Gasteiger partial charge in [0.2, 0.25) is 0 Å². The molecular weight excluding hydrogens is 553 g/mol. The van der Waals surface area contributed by atoms with Gasteiger partial charge in [-0.15, -0.1) is 0 Å². The van der Waals surface area contributed by atoms with Crippen LogP contribution in [0.25, 0.3) is 0 Å². The van der Waals surface area contributed by atoms with Crippen LogP contribution in [-0.4, -0.2) is 40.0 Å². The van der Waals surface area contributed by atoms with E-state index in [-0.39, 0.29) is 0 Å². The Balaban J connectivity index is 1.61. The van der Waals surface area contributed by atoms with E-state index in [1.807, 2.05) is 43.3 Å². The molecule has 0 aliphatic carbocycles. The van der Waals surface area contributed by atoms with E-state index in [4.69, 9.17) is 24.4 Å². The lowest BCUT2D eigenvalue weighted by molar-refractivity contribution is 0.956. The highest BCUT2D eigenvalue weighted by Gasteiger charge is 2.45. The van der Waals surface area contributed by atoms with Crippen LogP contribution >= 0.6 is 31.7 Å². The summed E-state index contributed by atoms with van der Waals surface area (Å²) in [5.41, 5.74) is 7.59. The van der Waals surface area contributed by atoms with Crippen molar-refractivity contribution in [2.45, 2.75) is 6.92 Å². The molecule has 4 N–H and O–H groups in total. The van der Waals surface area contributed by atoms with E-state index in [2.05, 4.69) is 109 Å². The highest BCUT2D eigenvalue weighted by atomic mass is 32.1. The normalized spacial score (nSPS) is 11.8. The second kappa shape index (κ2) is 14.4. The van der Waals surface area contributed by atoms with Gasteiger partial charge in [-0.1, -0.05) is 60.7 Å². The van der Waals surface area contributed by atoms with Crippen molar-refractivity contribution < 1.29 is 0 Å². The number of hydrogen-bond donors (Lipinski definition) is 4. The molecular formula is C30H31N7PS2+. The smallest absolute Gasteiger partial charge is 0.189 e. The minimum atomic E-state index is -2.10. The molecule has 0 aliphatic rings. The van der Waals surface area contributed by atoms with Crippen molar-refractivity contribution in [3.05, 3.63) is 121 Å². The molecule has 0 fully saturated rings. The van der Waals surface area contributed by atoms with E-state index in [0.29, 0.717) is 33.6 Å². The lowest BCUT2D eigenvalue weighted by Crippen LogP contribution is -2.42. The Labute approximate surface area is 246 Å². The molecule has 0 bridgehead atoms. The molecule has 4 rings (SSSR count). The first-order valence-corrected chi connectivity index (χ1v) is 15.4. The van der Waals surface area contributed by atoms with Crippen LogP contribution in [0, 0.1) is 0 Å². The summed E-state index contributed by atoms with van der Waals surface area (Å²) in [6.07, 6.45) is 2.32. The monoisotopic (exact) mass is 584 g/mol. The zero-order valence-electron chi connectivity index (χ0n) is 22.3. The molecule has 0 spiro atoms. The number of hydrazone groups is 2. The summed E-state index contributed by atoms with van der Waals surface area (Å²) in [5.74, 6) is 0. The fourth-order valence-electron chi connectivity index (χ4n) is 4.17. The number of nitrogens with zero attached hydrogens (tertiary/aromatic N) is 3. The molecule has 0 radical (unpaired) electrons. The third-order valence-corrected chi connectivity index (χ3v) is 10.8. The van der Waals surface area contributed by atoms with Gasteiger partial charge in [0.1, 0.15) is 35.2 Å². The summed E-state index contributed by atoms with van der Waals surface area (Å²) in [6.45, 7) is 1.84. The quantitative estimate of drug-likeness (QED) is 0.103. The van der Waals surface area contributed by atoms with E-state index < -0.39 is 7.26 Å². The zero-order chi connectivity index (χ0) is 28.2. The average molecular weight is 585 g/mol. The number of rotatable bonds is 9. The third kappa shape index (κ3) is 7.12. The standard InChI is InChI=1S/C30H30N7PS2/c1-23(28(35-36-29(39)31-2)27-20-12-13-21-32-27)34-37-30(40)33-22-38(24-14-6-3-7-15-24,25-16-8-4-9-17-25)26-18-10-5-11-19-26/h3-21H,22H2,1-2H3,(H3-,31,32,33,34,35,36,37,39,40)/p+1. The first-order valence-electron chi connectivity index (χ1n) is 12.6. The van der Waals surface area contributed by atoms with Crippen molar-refractivity contribution >= 4 is 69.3 Å². The maximum absolute atomic E-state index is 5.71. The first kappa shape index (κ1) is 29.0. The first-order chi connectivity index (χ1) is 19.5. The number of aromatic nitrogens is 1. The van der Waals surface area contributed by atoms with Gasteiger partial charge in [-0.05, 0) is 79.9 Å². The summed E-state index contributed by atoms with van der Waals surface area (Å²) < 4.78 is 0. The lowest BCUT2D eigenvalue weighted by atomic mass is 10.2. The molecule has 202 valence electrons. The summed E-state index contributed by atoms with van der Waals surface area (Å²) >= 11 is 10.9. The van der Waals surface area contributed by atoms with Crippen LogP contribution in [0.3, 0.4) is 0 Å². The molecule has 3 aromatic carbocycles. The van der Waals surface area contributed by atoms with E-state index in [0.717, 1.165) is 0 Å². The molecule has 0 amide bonds. The highest BCUT2D eigenvalue weighted by molar-refractivity contribution is 7.95. The minimum absolute atomic E-state index is 0.384. The molecule has 0 saturated carbocycles. The predicted molar refractivity (Wildman–Crippen MR) is 178 cm³/mol. The topological polar surface area (TPSA) is 85.7 Å². The molecule has 1 aromatic heterocycles. The van der Waals surface area contributed by atoms with Crippen molar-refractivity contribution in [3.8, 4) is 0 Å². The summed E-state index contributed by atoms with van der Waals surface area (Å²) in [4.78, 5) is 4.41. The van der Waals surface area contributed by atoms with Crippen molar-refractivity contribution in [3.63, 3.8) is 0 Å². The minimum Gasteiger partial charge on any atom is -0.364 e. The Kier molecular flexibility index (Phi) is 10.4. The van der Waals surface area contributed by atoms with Crippen molar-refractivity contribution in [1.82, 2.24) is 26.5 Å². The Bertz CT molecular complexity index is 1370. The second-order valence-electron chi connectivity index (χ2n) is 8.66. The predicted octanol–water partition coefficient (Wildman–Crippen LogP) is 3.67. The molecule has 1 heterocycles. The Morgan fingerprint density at radius 1 is 0.700 bits per heavy atom. The van der Waals surface area contributed by atoms with Gasteiger partial charge in [-0.25, -0.2) is 0 Å². The Morgan fingerprint density at radius 2 is 1.20 bits per heavy atom. The number of pyridine rings is 1. The molecule has 7 nitrogen and oxygen atoms in total. The van der Waals surface area contributed by atoms with Crippen LogP contribution in [0.1, 0.15) is 12.6 Å². The van der Waals surface area contributed by atoms with E-state index in [1.165, 1.54) is 15.9 Å². The third-order valence-electron chi connectivity index (χ3n) is 6.14. The number of benzene rings is 3. The fourth-order valence-corrected chi connectivity index (χ4v) is 8.33. The van der Waals surface area contributed by atoms with Gasteiger partial charge in [0, 0.05) is 13.2 Å². The van der Waals surface area contributed by atoms with E-state index in [1.54, 1.807) is 13.2 Å². The van der Waals surface area contributed by atoms with Gasteiger partial charge < -0.3 is 10.6 Å². The van der Waals surface area contributed by atoms with Gasteiger partial charge in [0.15, 0.2) is 10.2 Å². The van der Waals surface area contributed by atoms with Gasteiger partial charge in [0.05, 0.1) is 11.4 Å². The Hall–Kier alpha value is -4.04. The molecule has 0 unspecified atom stereocenters. The van der Waals surface area contributed by atoms with Gasteiger partial charge >= 0.3 is 0 Å². The van der Waals surface area contributed by atoms with Crippen LogP contribution < -0.4 is 37.4 Å². The maximum atomic E-state index is 5.71. The molecule has 0 aliphatic heterocycles. The fraction of sp³-hybridized carbons (Fsp3) is 0.100. The zero-order valence-corrected chi connectivity index (χ0v) is 24.8. The number of thiocarbonyl (C=S) groups is 2. The Morgan fingerprint density at radius 3 is 1.68 bits per heavy atom. The number of hydrogen-bond acceptors (Lipinski definition) is 5.